The van der Waals surface area contributed by atoms with Gasteiger partial charge in [-0.1, -0.05) is 6.07 Å². The van der Waals surface area contributed by atoms with Crippen molar-refractivity contribution in [3.05, 3.63) is 35.4 Å². The first kappa shape index (κ1) is 33.2. The van der Waals surface area contributed by atoms with Crippen LogP contribution in [0.2, 0.25) is 0 Å². The number of methoxy groups -OCH3 is 2. The Labute approximate surface area is 257 Å². The molecule has 0 bridgehead atoms. The van der Waals surface area contributed by atoms with Gasteiger partial charge in [-0.2, -0.15) is 0 Å². The van der Waals surface area contributed by atoms with Gasteiger partial charge in [0.05, 0.1) is 34.0 Å². The number of phenolic OH excluding ortho intramolecular Hbond substituents is 1. The summed E-state index contributed by atoms with van der Waals surface area (Å²) in [5.74, 6) is -0.357. The monoisotopic (exact) mass is 642 g/mol. The fraction of sp³-hybridized carbons (Fsp3) is 0.586. The molecule has 2 saturated heterocycles. The molecule has 16 nitrogen and oxygen atoms in total. The van der Waals surface area contributed by atoms with Gasteiger partial charge in [0.1, 0.15) is 60.3 Å². The predicted octanol–water partition coefficient (Wildman–Crippen LogP) is -2.51. The summed E-state index contributed by atoms with van der Waals surface area (Å²) in [7, 11) is 2.57. The number of ether oxygens (including phenoxy) is 7. The molecule has 0 unspecified atom stereocenters. The first-order valence-corrected chi connectivity index (χ1v) is 14.2. The first-order valence-electron chi connectivity index (χ1n) is 14.2. The summed E-state index contributed by atoms with van der Waals surface area (Å²) in [6.45, 7) is -1.32. The molecule has 0 saturated carbocycles. The third-order valence-electron chi connectivity index (χ3n) is 8.16. The van der Waals surface area contributed by atoms with Gasteiger partial charge in [0.2, 0.25) is 24.1 Å². The molecule has 0 aliphatic carbocycles. The van der Waals surface area contributed by atoms with E-state index in [1.807, 2.05) is 0 Å². The Morgan fingerprint density at radius 2 is 1.29 bits per heavy atom. The molecule has 0 aromatic heterocycles. The summed E-state index contributed by atoms with van der Waals surface area (Å²) in [6.07, 6.45) is -15.6. The Balaban J connectivity index is 1.59. The SMILES string of the molecule is COc1c(O[C@@H]2O[C@H](CO)[C@@H](O)[C@H](O)[C@H]2O)cc([C@@H]2COc3cc(O)ccc3C2)c(O[C@@H]2O[C@H](CO)[C@@H](O)[C@H](O)[C@H]2O)c1OC. The Bertz CT molecular complexity index is 1320. The summed E-state index contributed by atoms with van der Waals surface area (Å²) in [4.78, 5) is 0. The van der Waals surface area contributed by atoms with Gasteiger partial charge in [-0.25, -0.2) is 0 Å². The van der Waals surface area contributed by atoms with Gasteiger partial charge in [-0.3, -0.25) is 0 Å². The van der Waals surface area contributed by atoms with Crippen molar-refractivity contribution in [2.24, 2.45) is 0 Å². The largest absolute Gasteiger partial charge is 0.508 e. The van der Waals surface area contributed by atoms with Crippen LogP contribution in [0.1, 0.15) is 17.0 Å². The first-order chi connectivity index (χ1) is 21.5. The smallest absolute Gasteiger partial charge is 0.229 e. The Morgan fingerprint density at radius 3 is 1.84 bits per heavy atom. The molecule has 5 rings (SSSR count). The van der Waals surface area contributed by atoms with Crippen molar-refractivity contribution in [2.45, 2.75) is 73.8 Å². The van der Waals surface area contributed by atoms with Crippen LogP contribution in [0.25, 0.3) is 0 Å². The highest BCUT2D eigenvalue weighted by Gasteiger charge is 2.47. The molecule has 2 aromatic carbocycles. The molecule has 0 spiro atoms. The van der Waals surface area contributed by atoms with Crippen molar-refractivity contribution in [1.29, 1.82) is 0 Å². The van der Waals surface area contributed by atoms with Crippen molar-refractivity contribution in [3.8, 4) is 34.5 Å². The van der Waals surface area contributed by atoms with E-state index in [4.69, 9.17) is 33.2 Å². The zero-order chi connectivity index (χ0) is 32.6. The molecule has 2 aromatic rings. The van der Waals surface area contributed by atoms with Crippen LogP contribution in [-0.4, -0.2) is 141 Å². The lowest BCUT2D eigenvalue weighted by Gasteiger charge is -2.41. The topological polar surface area (TPSA) is 247 Å². The molecular weight excluding hydrogens is 604 g/mol. The summed E-state index contributed by atoms with van der Waals surface area (Å²) in [5.41, 5.74) is 1.07. The average molecular weight is 643 g/mol. The van der Waals surface area contributed by atoms with Crippen LogP contribution in [-0.2, 0) is 15.9 Å². The van der Waals surface area contributed by atoms with Gasteiger partial charge in [-0.05, 0) is 24.1 Å². The molecule has 3 aliphatic heterocycles. The third kappa shape index (κ3) is 6.31. The zero-order valence-corrected chi connectivity index (χ0v) is 24.4. The molecule has 0 amide bonds. The van der Waals surface area contributed by atoms with E-state index in [2.05, 4.69) is 0 Å². The second-order valence-electron chi connectivity index (χ2n) is 11.0. The Morgan fingerprint density at radius 1 is 0.711 bits per heavy atom. The number of benzene rings is 2. The van der Waals surface area contributed by atoms with Gasteiger partial charge in [0.25, 0.3) is 0 Å². The van der Waals surface area contributed by atoms with E-state index in [0.717, 1.165) is 5.56 Å². The average Bonchev–Trinajstić information content (AvgIpc) is 3.04. The van der Waals surface area contributed by atoms with Crippen molar-refractivity contribution in [2.75, 3.05) is 34.0 Å². The molecule has 0 radical (unpaired) electrons. The fourth-order valence-corrected chi connectivity index (χ4v) is 5.64. The van der Waals surface area contributed by atoms with Crippen LogP contribution in [0, 0.1) is 0 Å². The normalized spacial score (nSPS) is 34.8. The highest BCUT2D eigenvalue weighted by atomic mass is 16.7. The fourth-order valence-electron chi connectivity index (χ4n) is 5.64. The molecule has 3 heterocycles. The molecule has 3 aliphatic rings. The number of aliphatic hydroxyl groups excluding tert-OH is 8. The second-order valence-corrected chi connectivity index (χ2v) is 11.0. The number of phenols is 1. The van der Waals surface area contributed by atoms with Crippen molar-refractivity contribution < 1.29 is 79.1 Å². The minimum Gasteiger partial charge on any atom is -0.508 e. The van der Waals surface area contributed by atoms with E-state index >= 15 is 0 Å². The number of hydrogen-bond acceptors (Lipinski definition) is 16. The van der Waals surface area contributed by atoms with E-state index < -0.39 is 80.5 Å². The van der Waals surface area contributed by atoms with Crippen LogP contribution in [0.4, 0.5) is 0 Å². The highest BCUT2D eigenvalue weighted by molar-refractivity contribution is 5.64. The minimum atomic E-state index is -1.76. The predicted molar refractivity (Wildman–Crippen MR) is 148 cm³/mol. The van der Waals surface area contributed by atoms with E-state index in [0.29, 0.717) is 17.7 Å². The quantitative estimate of drug-likeness (QED) is 0.137. The van der Waals surface area contributed by atoms with E-state index in [1.165, 1.54) is 32.4 Å². The zero-order valence-electron chi connectivity index (χ0n) is 24.4. The van der Waals surface area contributed by atoms with Crippen LogP contribution in [0.15, 0.2) is 24.3 Å². The maximum Gasteiger partial charge on any atom is 0.229 e. The number of aliphatic hydroxyl groups is 8. The van der Waals surface area contributed by atoms with Crippen LogP contribution >= 0.6 is 0 Å². The summed E-state index contributed by atoms with van der Waals surface area (Å²) < 4.78 is 40.3. The molecule has 11 atom stereocenters. The van der Waals surface area contributed by atoms with Gasteiger partial charge in [0, 0.05) is 17.5 Å². The maximum absolute atomic E-state index is 10.7. The molecular formula is C29H38O16. The second kappa shape index (κ2) is 13.7. The van der Waals surface area contributed by atoms with Gasteiger partial charge < -0.3 is 79.1 Å². The van der Waals surface area contributed by atoms with Gasteiger partial charge in [-0.15, -0.1) is 0 Å². The highest BCUT2D eigenvalue weighted by Crippen LogP contribution is 2.51. The summed E-state index contributed by atoms with van der Waals surface area (Å²) >= 11 is 0. The number of hydrogen-bond donors (Lipinski definition) is 9. The van der Waals surface area contributed by atoms with Crippen molar-refractivity contribution >= 4 is 0 Å². The molecule has 45 heavy (non-hydrogen) atoms. The molecule has 2 fully saturated rings. The van der Waals surface area contributed by atoms with E-state index in [9.17, 15) is 46.0 Å². The molecule has 16 heteroatoms. The van der Waals surface area contributed by atoms with Crippen molar-refractivity contribution in [1.82, 2.24) is 0 Å². The lowest BCUT2D eigenvalue weighted by Crippen LogP contribution is -2.60. The third-order valence-corrected chi connectivity index (χ3v) is 8.16. The van der Waals surface area contributed by atoms with Crippen LogP contribution in [0.3, 0.4) is 0 Å². The number of fused-ring (bicyclic) bond motifs is 1. The van der Waals surface area contributed by atoms with Crippen LogP contribution < -0.4 is 23.7 Å². The lowest BCUT2D eigenvalue weighted by molar-refractivity contribution is -0.278. The lowest BCUT2D eigenvalue weighted by atomic mass is 9.89. The van der Waals surface area contributed by atoms with Crippen molar-refractivity contribution in [3.63, 3.8) is 0 Å². The molecule has 250 valence electrons. The minimum absolute atomic E-state index is 0.0140. The maximum atomic E-state index is 10.7. The summed E-state index contributed by atoms with van der Waals surface area (Å²) in [5, 5.41) is 91.7. The Kier molecular flexibility index (Phi) is 10.1. The molecule has 9 N–H and O–H groups in total. The standard InChI is InChI=1S/C29H38O16/c1-39-26-16(42-28-23(37)21(35)19(33)17(8-30)43-28)7-14(12-5-11-3-4-13(32)6-15(11)41-10-12)25(27(26)40-2)45-29-24(38)22(36)20(34)18(9-31)44-29/h3-4,6-7,12,17-24,28-38H,5,8-10H2,1-2H3/t12-,17+,18+,19+,20+,21-,22-,23+,24+,28+,29-/m0/s1. The number of aromatic hydroxyl groups is 1. The van der Waals surface area contributed by atoms with E-state index in [-0.39, 0.29) is 35.4 Å². The van der Waals surface area contributed by atoms with Gasteiger partial charge >= 0.3 is 0 Å². The van der Waals surface area contributed by atoms with E-state index in [1.54, 1.807) is 6.07 Å². The summed E-state index contributed by atoms with van der Waals surface area (Å²) in [6, 6.07) is 6.11. The number of rotatable bonds is 9. The Hall–Kier alpha value is -3.16. The van der Waals surface area contributed by atoms with Gasteiger partial charge in [0.15, 0.2) is 11.5 Å². The van der Waals surface area contributed by atoms with Crippen LogP contribution in [0.5, 0.6) is 34.5 Å².